The summed E-state index contributed by atoms with van der Waals surface area (Å²) >= 11 is 7.84. The van der Waals surface area contributed by atoms with Gasteiger partial charge in [0.1, 0.15) is 22.6 Å². The number of halogens is 1. The topological polar surface area (TPSA) is 111 Å². The Kier molecular flexibility index (Phi) is 6.31. The second kappa shape index (κ2) is 9.41. The molecule has 180 valence electrons. The van der Waals surface area contributed by atoms with Crippen molar-refractivity contribution >= 4 is 34.6 Å². The van der Waals surface area contributed by atoms with Gasteiger partial charge < -0.3 is 15.5 Å². The summed E-state index contributed by atoms with van der Waals surface area (Å²) in [5, 5.41) is 13.4. The number of hydrogen-bond donors (Lipinski definition) is 2. The van der Waals surface area contributed by atoms with Crippen molar-refractivity contribution in [2.75, 3.05) is 0 Å². The van der Waals surface area contributed by atoms with Crippen LogP contribution >= 0.6 is 22.9 Å². The van der Waals surface area contributed by atoms with E-state index in [1.165, 1.54) is 4.88 Å². The summed E-state index contributed by atoms with van der Waals surface area (Å²) in [4.78, 5) is 19.3. The lowest BCUT2D eigenvalue weighted by molar-refractivity contribution is -0.121. The molecular weight excluding hydrogens is 484 g/mol. The largest absolute Gasteiger partial charge is 0.468 e. The van der Waals surface area contributed by atoms with Crippen molar-refractivity contribution in [2.45, 2.75) is 46.3 Å². The number of nitrogens with one attached hydrogen (secondary N) is 1. The molecule has 10 heteroatoms. The van der Waals surface area contributed by atoms with Crippen molar-refractivity contribution in [1.29, 1.82) is 0 Å². The van der Waals surface area contributed by atoms with Crippen molar-refractivity contribution in [3.05, 3.63) is 86.2 Å². The molecule has 0 saturated carbocycles. The average molecular weight is 509 g/mol. The van der Waals surface area contributed by atoms with Crippen LogP contribution in [0.25, 0.3) is 5.00 Å². The second-order valence-corrected chi connectivity index (χ2v) is 10.2. The molecule has 1 atom stereocenters. The van der Waals surface area contributed by atoms with E-state index in [-0.39, 0.29) is 12.3 Å². The number of furan rings is 1. The Labute approximate surface area is 211 Å². The molecule has 0 saturated heterocycles. The molecule has 0 radical (unpaired) electrons. The summed E-state index contributed by atoms with van der Waals surface area (Å²) in [7, 11) is 0. The van der Waals surface area contributed by atoms with Gasteiger partial charge in [-0.3, -0.25) is 14.4 Å². The smallest absolute Gasteiger partial charge is 0.222 e. The van der Waals surface area contributed by atoms with Gasteiger partial charge in [-0.25, -0.2) is 0 Å². The van der Waals surface area contributed by atoms with Gasteiger partial charge in [-0.05, 0) is 44.5 Å². The monoisotopic (exact) mass is 508 g/mol. The van der Waals surface area contributed by atoms with Gasteiger partial charge in [0.05, 0.1) is 24.9 Å². The highest BCUT2D eigenvalue weighted by Gasteiger charge is 2.32. The van der Waals surface area contributed by atoms with Crippen LogP contribution in [0.15, 0.2) is 46.0 Å². The summed E-state index contributed by atoms with van der Waals surface area (Å²) in [6.07, 6.45) is 1.73. The number of aryl methyl sites for hydroxylation is 2. The van der Waals surface area contributed by atoms with E-state index >= 15 is 0 Å². The van der Waals surface area contributed by atoms with Crippen molar-refractivity contribution in [3.63, 3.8) is 0 Å². The highest BCUT2D eigenvalue weighted by molar-refractivity contribution is 7.15. The second-order valence-electron chi connectivity index (χ2n) is 8.51. The summed E-state index contributed by atoms with van der Waals surface area (Å²) in [6, 6.07) is 8.96. The zero-order valence-electron chi connectivity index (χ0n) is 19.6. The van der Waals surface area contributed by atoms with Gasteiger partial charge in [0.2, 0.25) is 5.91 Å². The number of thiophene rings is 1. The van der Waals surface area contributed by atoms with Crippen LogP contribution < -0.4 is 11.1 Å². The van der Waals surface area contributed by atoms with Crippen LogP contribution in [0.5, 0.6) is 0 Å². The number of nitrogens with zero attached hydrogens (tertiary/aromatic N) is 4. The molecule has 3 N–H and O–H groups in total. The van der Waals surface area contributed by atoms with Gasteiger partial charge in [0, 0.05) is 33.1 Å². The first-order valence-corrected chi connectivity index (χ1v) is 12.4. The molecule has 1 aromatic carbocycles. The minimum atomic E-state index is -0.509. The third kappa shape index (κ3) is 4.42. The average Bonchev–Trinajstić information content (AvgIpc) is 3.51. The molecule has 3 aromatic heterocycles. The van der Waals surface area contributed by atoms with Crippen molar-refractivity contribution in [2.24, 2.45) is 10.7 Å². The van der Waals surface area contributed by atoms with Crippen LogP contribution in [0.4, 0.5) is 0 Å². The van der Waals surface area contributed by atoms with Crippen molar-refractivity contribution in [3.8, 4) is 5.00 Å². The molecule has 1 amide bonds. The Bertz CT molecular complexity index is 1430. The highest BCUT2D eigenvalue weighted by Crippen LogP contribution is 2.39. The number of aliphatic imine (C=N–C) groups is 1. The van der Waals surface area contributed by atoms with Crippen LogP contribution in [0.3, 0.4) is 0 Å². The standard InChI is InChI=1S/C25H25ClN6O2S/c1-13-14(2)35-25-22(13)23(17-4-6-18(26)7-5-17)29-20(24-31-30-15(3)32(24)25)9-21(33)28-11-16-8-19(10-27)34-12-16/h4-8,12,20H,9-11,27H2,1-3H3,(H,28,33)/t20-/m0/s1. The lowest BCUT2D eigenvalue weighted by atomic mass is 9.99. The molecule has 5 rings (SSSR count). The number of carbonyl (C=O) groups excluding carboxylic acids is 1. The third-order valence-corrected chi connectivity index (χ3v) is 7.58. The lowest BCUT2D eigenvalue weighted by Gasteiger charge is -2.13. The highest BCUT2D eigenvalue weighted by atomic mass is 35.5. The minimum absolute atomic E-state index is 0.129. The fourth-order valence-corrected chi connectivity index (χ4v) is 5.55. The van der Waals surface area contributed by atoms with Crippen LogP contribution in [0, 0.1) is 20.8 Å². The molecule has 1 aliphatic rings. The van der Waals surface area contributed by atoms with Gasteiger partial charge in [0.25, 0.3) is 0 Å². The van der Waals surface area contributed by atoms with Crippen LogP contribution in [0.2, 0.25) is 5.02 Å². The molecule has 4 heterocycles. The number of nitrogens with two attached hydrogens (primary N) is 1. The normalized spacial score (nSPS) is 14.8. The Hall–Kier alpha value is -3.27. The number of benzene rings is 1. The number of amides is 1. The maximum atomic E-state index is 13.0. The first-order valence-electron chi connectivity index (χ1n) is 11.2. The maximum Gasteiger partial charge on any atom is 0.222 e. The predicted molar refractivity (Wildman–Crippen MR) is 136 cm³/mol. The summed E-state index contributed by atoms with van der Waals surface area (Å²) in [5.74, 6) is 1.94. The quantitative estimate of drug-likeness (QED) is 0.396. The molecule has 8 nitrogen and oxygen atoms in total. The first kappa shape index (κ1) is 23.5. The Balaban J connectivity index is 1.53. The van der Waals surface area contributed by atoms with E-state index in [4.69, 9.17) is 26.7 Å². The van der Waals surface area contributed by atoms with Gasteiger partial charge in [-0.2, -0.15) is 0 Å². The third-order valence-electron chi connectivity index (χ3n) is 6.13. The van der Waals surface area contributed by atoms with E-state index in [2.05, 4.69) is 29.4 Å². The molecule has 1 aliphatic heterocycles. The molecule has 0 unspecified atom stereocenters. The molecule has 0 fully saturated rings. The summed E-state index contributed by atoms with van der Waals surface area (Å²) in [5.41, 5.74) is 10.4. The number of hydrogen-bond acceptors (Lipinski definition) is 7. The minimum Gasteiger partial charge on any atom is -0.468 e. The van der Waals surface area contributed by atoms with Crippen molar-refractivity contribution in [1.82, 2.24) is 20.1 Å². The fraction of sp³-hybridized carbons (Fsp3) is 0.280. The van der Waals surface area contributed by atoms with Crippen molar-refractivity contribution < 1.29 is 9.21 Å². The molecule has 4 aromatic rings. The van der Waals surface area contributed by atoms with Gasteiger partial charge in [-0.1, -0.05) is 23.7 Å². The zero-order valence-corrected chi connectivity index (χ0v) is 21.2. The van der Waals surface area contributed by atoms with E-state index in [9.17, 15) is 4.79 Å². The summed E-state index contributed by atoms with van der Waals surface area (Å²) < 4.78 is 7.39. The number of fused-ring (bicyclic) bond motifs is 3. The van der Waals surface area contributed by atoms with Gasteiger partial charge in [-0.15, -0.1) is 21.5 Å². The molecule has 0 spiro atoms. The molecule has 35 heavy (non-hydrogen) atoms. The van der Waals surface area contributed by atoms with E-state index < -0.39 is 6.04 Å². The number of carbonyl (C=O) groups is 1. The molecule has 0 bridgehead atoms. The van der Waals surface area contributed by atoms with Crippen LogP contribution in [-0.2, 0) is 17.9 Å². The van der Waals surface area contributed by atoms with E-state index in [1.807, 2.05) is 41.8 Å². The Morgan fingerprint density at radius 3 is 2.71 bits per heavy atom. The lowest BCUT2D eigenvalue weighted by Crippen LogP contribution is -2.25. The molecular formula is C25H25ClN6O2S. The van der Waals surface area contributed by atoms with Gasteiger partial charge >= 0.3 is 0 Å². The number of aromatic nitrogens is 3. The maximum absolute atomic E-state index is 13.0. The van der Waals surface area contributed by atoms with Crippen LogP contribution in [0.1, 0.15) is 57.0 Å². The van der Waals surface area contributed by atoms with E-state index in [0.29, 0.717) is 29.7 Å². The van der Waals surface area contributed by atoms with Crippen LogP contribution in [-0.4, -0.2) is 26.4 Å². The van der Waals surface area contributed by atoms with E-state index in [1.54, 1.807) is 17.6 Å². The predicted octanol–water partition coefficient (Wildman–Crippen LogP) is 4.56. The zero-order chi connectivity index (χ0) is 24.7. The Morgan fingerprint density at radius 2 is 2.00 bits per heavy atom. The van der Waals surface area contributed by atoms with Gasteiger partial charge in [0.15, 0.2) is 5.82 Å². The van der Waals surface area contributed by atoms with E-state index in [0.717, 1.165) is 38.8 Å². The first-order chi connectivity index (χ1) is 16.9. The summed E-state index contributed by atoms with van der Waals surface area (Å²) in [6.45, 7) is 6.78. The molecule has 0 aliphatic carbocycles. The SMILES string of the molecule is Cc1sc2c(c1C)C(c1ccc(Cl)cc1)=N[C@@H](CC(=O)NCc1coc(CN)c1)c1nnc(C)n1-2. The fourth-order valence-electron chi connectivity index (χ4n) is 4.21. The number of rotatable bonds is 6. The Morgan fingerprint density at radius 1 is 1.23 bits per heavy atom.